The minimum atomic E-state index is -0.819. The number of hydrogen-bond acceptors (Lipinski definition) is 4. The van der Waals surface area contributed by atoms with Gasteiger partial charge in [0.25, 0.3) is 0 Å². The molecule has 30 heavy (non-hydrogen) atoms. The van der Waals surface area contributed by atoms with Crippen LogP contribution >= 0.6 is 11.9 Å². The molecule has 1 aromatic heterocycles. The van der Waals surface area contributed by atoms with E-state index in [0.717, 1.165) is 64.0 Å². The third kappa shape index (κ3) is 3.62. The van der Waals surface area contributed by atoms with Crippen LogP contribution in [0.1, 0.15) is 59.9 Å². The summed E-state index contributed by atoms with van der Waals surface area (Å²) in [5.41, 5.74) is 8.96. The van der Waals surface area contributed by atoms with Crippen LogP contribution in [0.4, 0.5) is 10.1 Å². The fourth-order valence-electron chi connectivity index (χ4n) is 4.91. The number of carboxylic acids is 1. The Morgan fingerprint density at radius 1 is 1.23 bits per heavy atom. The zero-order chi connectivity index (χ0) is 21.4. The molecule has 0 bridgehead atoms. The van der Waals surface area contributed by atoms with E-state index in [4.69, 9.17) is 0 Å². The van der Waals surface area contributed by atoms with Gasteiger partial charge in [-0.2, -0.15) is 0 Å². The smallest absolute Gasteiger partial charge is 0.307 e. The molecule has 6 heteroatoms. The third-order valence-corrected chi connectivity index (χ3v) is 6.99. The average Bonchev–Trinajstić information content (AvgIpc) is 2.99. The van der Waals surface area contributed by atoms with E-state index in [0.29, 0.717) is 6.54 Å². The Morgan fingerprint density at radius 3 is 2.77 bits per heavy atom. The molecule has 2 aliphatic rings. The highest BCUT2D eigenvalue weighted by atomic mass is 32.2. The molecule has 158 valence electrons. The molecule has 2 aromatic rings. The lowest BCUT2D eigenvalue weighted by Crippen LogP contribution is -2.23. The van der Waals surface area contributed by atoms with E-state index < -0.39 is 5.97 Å². The maximum absolute atomic E-state index is 13.9. The monoisotopic (exact) mass is 426 g/mol. The average molecular weight is 427 g/mol. The van der Waals surface area contributed by atoms with Crippen molar-refractivity contribution in [3.8, 4) is 11.3 Å². The fourth-order valence-corrected chi connectivity index (χ4v) is 5.59. The Bertz CT molecular complexity index is 1050. The highest BCUT2D eigenvalue weighted by molar-refractivity contribution is 7.99. The van der Waals surface area contributed by atoms with E-state index in [1.54, 1.807) is 18.0 Å². The van der Waals surface area contributed by atoms with Gasteiger partial charge in [-0.25, -0.2) is 4.39 Å². The van der Waals surface area contributed by atoms with Gasteiger partial charge in [0.2, 0.25) is 0 Å². The molecule has 1 N–H and O–H groups in total. The molecule has 0 unspecified atom stereocenters. The first-order chi connectivity index (χ1) is 14.4. The lowest BCUT2D eigenvalue weighted by Gasteiger charge is -2.35. The number of aromatic nitrogens is 1. The Kier molecular flexibility index (Phi) is 5.87. The van der Waals surface area contributed by atoms with Gasteiger partial charge in [-0.05, 0) is 73.4 Å². The van der Waals surface area contributed by atoms with Crippen LogP contribution in [-0.4, -0.2) is 22.3 Å². The van der Waals surface area contributed by atoms with Crippen LogP contribution in [0.5, 0.6) is 0 Å². The number of nitrogens with zero attached hydrogens (tertiary/aromatic N) is 2. The van der Waals surface area contributed by atoms with Gasteiger partial charge in [0, 0.05) is 17.4 Å². The minimum Gasteiger partial charge on any atom is -0.481 e. The number of halogens is 1. The van der Waals surface area contributed by atoms with Gasteiger partial charge >= 0.3 is 5.97 Å². The van der Waals surface area contributed by atoms with Crippen LogP contribution in [0.25, 0.3) is 16.8 Å². The molecule has 0 atom stereocenters. The van der Waals surface area contributed by atoms with Gasteiger partial charge in [-0.3, -0.25) is 9.78 Å². The topological polar surface area (TPSA) is 53.4 Å². The molecule has 0 spiro atoms. The number of rotatable bonds is 4. The number of anilines is 1. The van der Waals surface area contributed by atoms with Crippen molar-refractivity contribution < 1.29 is 14.3 Å². The quantitative estimate of drug-likeness (QED) is 0.601. The molecule has 0 amide bonds. The van der Waals surface area contributed by atoms with E-state index in [1.807, 2.05) is 13.2 Å². The van der Waals surface area contributed by atoms with Crippen molar-refractivity contribution in [2.24, 2.45) is 0 Å². The summed E-state index contributed by atoms with van der Waals surface area (Å²) < 4.78 is 16.1. The lowest BCUT2D eigenvalue weighted by molar-refractivity contribution is -0.136. The Hall–Kier alpha value is -2.34. The molecular formula is C24H27FN2O2S. The number of hydrogen-bond donors (Lipinski definition) is 1. The van der Waals surface area contributed by atoms with Crippen molar-refractivity contribution in [3.63, 3.8) is 0 Å². The summed E-state index contributed by atoms with van der Waals surface area (Å²) in [6.07, 6.45) is 11.0. The van der Waals surface area contributed by atoms with Crippen LogP contribution in [0.3, 0.4) is 0 Å². The first-order valence-electron chi connectivity index (χ1n) is 10.5. The number of benzene rings is 1. The minimum absolute atomic E-state index is 0.00144. The van der Waals surface area contributed by atoms with Crippen molar-refractivity contribution in [1.82, 2.24) is 4.98 Å². The van der Waals surface area contributed by atoms with Crippen molar-refractivity contribution in [3.05, 3.63) is 52.0 Å². The molecule has 0 fully saturated rings. The molecule has 4 nitrogen and oxygen atoms in total. The molecule has 1 aromatic carbocycles. The van der Waals surface area contributed by atoms with Crippen molar-refractivity contribution in [2.75, 3.05) is 10.6 Å². The van der Waals surface area contributed by atoms with Crippen LogP contribution in [0, 0.1) is 19.7 Å². The molecular weight excluding hydrogens is 399 g/mol. The lowest BCUT2D eigenvalue weighted by atomic mass is 9.81. The zero-order valence-corrected chi connectivity index (χ0v) is 18.5. The van der Waals surface area contributed by atoms with E-state index in [1.165, 1.54) is 24.6 Å². The van der Waals surface area contributed by atoms with Crippen molar-refractivity contribution in [1.29, 1.82) is 0 Å². The highest BCUT2D eigenvalue weighted by Gasteiger charge is 2.31. The summed E-state index contributed by atoms with van der Waals surface area (Å²) in [5.74, 6) is -1.15. The number of carbonyl (C=O) groups is 1. The molecule has 1 aliphatic carbocycles. The van der Waals surface area contributed by atoms with Crippen LogP contribution in [0.2, 0.25) is 0 Å². The number of allylic oxidation sites excluding steroid dienone is 2. The van der Waals surface area contributed by atoms with Crippen molar-refractivity contribution >= 4 is 29.2 Å². The molecule has 1 aliphatic heterocycles. The zero-order valence-electron chi connectivity index (χ0n) is 17.7. The summed E-state index contributed by atoms with van der Waals surface area (Å²) in [4.78, 5) is 16.3. The van der Waals surface area contributed by atoms with Crippen LogP contribution in [-0.2, 0) is 17.8 Å². The van der Waals surface area contributed by atoms with E-state index in [-0.39, 0.29) is 12.2 Å². The second-order valence-corrected chi connectivity index (χ2v) is 8.91. The molecule has 0 radical (unpaired) electrons. The number of fused-ring (bicyclic) bond motifs is 3. The van der Waals surface area contributed by atoms with Crippen LogP contribution in [0.15, 0.2) is 18.3 Å². The molecule has 0 saturated heterocycles. The Morgan fingerprint density at radius 2 is 2.03 bits per heavy atom. The largest absolute Gasteiger partial charge is 0.481 e. The highest BCUT2D eigenvalue weighted by Crippen LogP contribution is 2.49. The van der Waals surface area contributed by atoms with Crippen LogP contribution < -0.4 is 4.31 Å². The maximum Gasteiger partial charge on any atom is 0.307 e. The standard InChI is InChI=1S/C24H27FN2O2S/c1-14-19(11-20(28)29)21(16-8-6-4-5-7-9-16)15(2)22-23-17(10-18(25)12-26-23)13-27(30-3)24(14)22/h8,10,12H,4-7,9,11,13H2,1-3H3,(H,28,29). The van der Waals surface area contributed by atoms with Gasteiger partial charge in [-0.1, -0.05) is 24.4 Å². The second-order valence-electron chi connectivity index (χ2n) is 8.11. The SMILES string of the molecule is CSN1Cc2cc(F)cnc2-c2c(C)c(C3=CCCCCC3)c(CC(=O)O)c(C)c21. The third-order valence-electron chi connectivity index (χ3n) is 6.24. The van der Waals surface area contributed by atoms with E-state index in [9.17, 15) is 14.3 Å². The van der Waals surface area contributed by atoms with E-state index >= 15 is 0 Å². The summed E-state index contributed by atoms with van der Waals surface area (Å²) in [6.45, 7) is 4.64. The van der Waals surface area contributed by atoms with Gasteiger partial charge in [0.15, 0.2) is 0 Å². The van der Waals surface area contributed by atoms with Gasteiger partial charge in [0.1, 0.15) is 5.82 Å². The summed E-state index contributed by atoms with van der Waals surface area (Å²) in [7, 11) is 0. The summed E-state index contributed by atoms with van der Waals surface area (Å²) in [6, 6.07) is 1.57. The van der Waals surface area contributed by atoms with Crippen molar-refractivity contribution in [2.45, 2.75) is 58.9 Å². The first kappa shape index (κ1) is 20.9. The maximum atomic E-state index is 13.9. The summed E-state index contributed by atoms with van der Waals surface area (Å²) in [5, 5.41) is 9.68. The number of carboxylic acid groups (broad SMARTS) is 1. The predicted molar refractivity (Wildman–Crippen MR) is 121 cm³/mol. The summed E-state index contributed by atoms with van der Waals surface area (Å²) >= 11 is 1.57. The van der Waals surface area contributed by atoms with Gasteiger partial charge in [0.05, 0.1) is 30.5 Å². The predicted octanol–water partition coefficient (Wildman–Crippen LogP) is 6.08. The molecule has 2 heterocycles. The molecule has 0 saturated carbocycles. The normalized spacial score (nSPS) is 15.9. The number of aliphatic carboxylic acids is 1. The number of pyridine rings is 1. The van der Waals surface area contributed by atoms with Gasteiger partial charge < -0.3 is 9.41 Å². The van der Waals surface area contributed by atoms with Gasteiger partial charge in [-0.15, -0.1) is 0 Å². The fraction of sp³-hybridized carbons (Fsp3) is 0.417. The Balaban J connectivity index is 2.06. The van der Waals surface area contributed by atoms with E-state index in [2.05, 4.69) is 22.3 Å². The Labute approximate surface area is 181 Å². The second kappa shape index (κ2) is 8.42. The first-order valence-corrected chi connectivity index (χ1v) is 11.6. The molecule has 4 rings (SSSR count).